The minimum atomic E-state index is -3.75. The second kappa shape index (κ2) is 4.47. The summed E-state index contributed by atoms with van der Waals surface area (Å²) < 4.78 is 22.6. The Morgan fingerprint density at radius 3 is 2.76 bits per heavy atom. The lowest BCUT2D eigenvalue weighted by Crippen LogP contribution is -2.15. The minimum Gasteiger partial charge on any atom is -0.376 e. The first-order chi connectivity index (χ1) is 8.07. The van der Waals surface area contributed by atoms with Crippen LogP contribution in [0.2, 0.25) is 0 Å². The third kappa shape index (κ3) is 2.77. The van der Waals surface area contributed by atoms with Gasteiger partial charge in [-0.25, -0.2) is 13.6 Å². The van der Waals surface area contributed by atoms with E-state index in [-0.39, 0.29) is 11.4 Å². The van der Waals surface area contributed by atoms with Crippen molar-refractivity contribution < 1.29 is 8.42 Å². The summed E-state index contributed by atoms with van der Waals surface area (Å²) in [5.74, 6) is 0.425. The lowest BCUT2D eigenvalue weighted by molar-refractivity contribution is 0.598. The first-order valence-corrected chi connectivity index (χ1v) is 6.20. The number of primary sulfonamides is 1. The van der Waals surface area contributed by atoms with Gasteiger partial charge in [0.25, 0.3) is 0 Å². The van der Waals surface area contributed by atoms with E-state index in [1.54, 1.807) is 18.2 Å². The Morgan fingerprint density at radius 2 is 2.12 bits per heavy atom. The molecule has 1 heterocycles. The van der Waals surface area contributed by atoms with Crippen molar-refractivity contribution in [2.75, 3.05) is 5.32 Å². The van der Waals surface area contributed by atoms with Crippen molar-refractivity contribution in [1.82, 2.24) is 20.6 Å². The van der Waals surface area contributed by atoms with Gasteiger partial charge in [0, 0.05) is 0 Å². The Hall–Kier alpha value is -2.00. The van der Waals surface area contributed by atoms with Crippen LogP contribution in [0.3, 0.4) is 0 Å². The van der Waals surface area contributed by atoms with Gasteiger partial charge in [-0.15, -0.1) is 10.2 Å². The molecule has 0 aliphatic rings. The van der Waals surface area contributed by atoms with E-state index >= 15 is 0 Å². The molecule has 0 amide bonds. The molecule has 0 saturated heterocycles. The predicted octanol–water partition coefficient (Wildman–Crippen LogP) is -0.541. The normalized spacial score (nSPS) is 11.4. The third-order valence-electron chi connectivity index (χ3n) is 2.02. The molecule has 0 aliphatic carbocycles. The fraction of sp³-hybridized carbons (Fsp3) is 0.125. The summed E-state index contributed by atoms with van der Waals surface area (Å²) in [7, 11) is -3.75. The molecule has 0 fully saturated rings. The van der Waals surface area contributed by atoms with E-state index in [1.165, 1.54) is 6.07 Å². The predicted molar refractivity (Wildman–Crippen MR) is 59.3 cm³/mol. The Balaban J connectivity index is 2.22. The van der Waals surface area contributed by atoms with Crippen molar-refractivity contribution >= 4 is 15.7 Å². The van der Waals surface area contributed by atoms with Crippen LogP contribution in [0.4, 0.5) is 5.69 Å². The van der Waals surface area contributed by atoms with Crippen LogP contribution < -0.4 is 10.5 Å². The maximum atomic E-state index is 11.3. The number of nitrogens with two attached hydrogens (primary N) is 1. The number of anilines is 1. The first-order valence-electron chi connectivity index (χ1n) is 4.65. The van der Waals surface area contributed by atoms with E-state index in [1.807, 2.05) is 0 Å². The maximum Gasteiger partial charge on any atom is 0.240 e. The molecule has 9 heteroatoms. The molecule has 0 aliphatic heterocycles. The van der Waals surface area contributed by atoms with E-state index in [2.05, 4.69) is 25.9 Å². The number of H-pyrrole nitrogens is 1. The highest BCUT2D eigenvalue weighted by atomic mass is 32.2. The second-order valence-corrected chi connectivity index (χ2v) is 4.75. The molecule has 0 spiro atoms. The summed E-state index contributed by atoms with van der Waals surface area (Å²) in [6.45, 7) is 0.253. The zero-order chi connectivity index (χ0) is 12.3. The molecule has 1 aromatic heterocycles. The standard InChI is InChI=1S/C8H10N6O2S/c9-17(15,16)7-4-2-1-3-6(7)10-5-8-11-13-14-12-8/h1-4,10H,5H2,(H2,9,15,16)(H,11,12,13,14). The van der Waals surface area contributed by atoms with E-state index in [4.69, 9.17) is 5.14 Å². The number of aromatic amines is 1. The topological polar surface area (TPSA) is 127 Å². The molecule has 8 nitrogen and oxygen atoms in total. The number of benzene rings is 1. The number of tetrazole rings is 1. The van der Waals surface area contributed by atoms with Crippen LogP contribution in [0.25, 0.3) is 0 Å². The molecular weight excluding hydrogens is 244 g/mol. The SMILES string of the molecule is NS(=O)(=O)c1ccccc1NCc1nn[nH]n1. The summed E-state index contributed by atoms with van der Waals surface area (Å²) in [5.41, 5.74) is 0.403. The largest absolute Gasteiger partial charge is 0.376 e. The van der Waals surface area contributed by atoms with Gasteiger partial charge in [-0.3, -0.25) is 0 Å². The smallest absolute Gasteiger partial charge is 0.240 e. The fourth-order valence-corrected chi connectivity index (χ4v) is 2.01. The molecule has 0 bridgehead atoms. The molecule has 0 saturated carbocycles. The summed E-state index contributed by atoms with van der Waals surface area (Å²) in [5, 5.41) is 21.1. The Kier molecular flexibility index (Phi) is 3.02. The van der Waals surface area contributed by atoms with Crippen LogP contribution in [0, 0.1) is 0 Å². The quantitative estimate of drug-likeness (QED) is 0.672. The van der Waals surface area contributed by atoms with Crippen LogP contribution in [0.1, 0.15) is 5.82 Å². The Labute approximate surface area is 97.3 Å². The number of nitrogens with one attached hydrogen (secondary N) is 2. The molecule has 4 N–H and O–H groups in total. The van der Waals surface area contributed by atoms with Crippen molar-refractivity contribution in [2.24, 2.45) is 5.14 Å². The van der Waals surface area contributed by atoms with Crippen LogP contribution in [0.5, 0.6) is 0 Å². The van der Waals surface area contributed by atoms with E-state index in [0.717, 1.165) is 0 Å². The molecular formula is C8H10N6O2S. The van der Waals surface area contributed by atoms with Crippen molar-refractivity contribution in [3.05, 3.63) is 30.1 Å². The Bertz CT molecular complexity index is 594. The molecule has 0 radical (unpaired) electrons. The van der Waals surface area contributed by atoms with Gasteiger partial charge in [0.2, 0.25) is 10.0 Å². The number of sulfonamides is 1. The zero-order valence-electron chi connectivity index (χ0n) is 8.66. The minimum absolute atomic E-state index is 0.0310. The maximum absolute atomic E-state index is 11.3. The number of aromatic nitrogens is 4. The van der Waals surface area contributed by atoms with Crippen molar-refractivity contribution in [2.45, 2.75) is 11.4 Å². The number of hydrogen-bond acceptors (Lipinski definition) is 6. The van der Waals surface area contributed by atoms with Gasteiger partial charge >= 0.3 is 0 Å². The lowest BCUT2D eigenvalue weighted by atomic mass is 10.3. The van der Waals surface area contributed by atoms with E-state index in [9.17, 15) is 8.42 Å². The van der Waals surface area contributed by atoms with Gasteiger partial charge in [0.1, 0.15) is 4.90 Å². The monoisotopic (exact) mass is 254 g/mol. The number of nitrogens with zero attached hydrogens (tertiary/aromatic N) is 3. The molecule has 2 aromatic rings. The van der Waals surface area contributed by atoms with E-state index < -0.39 is 10.0 Å². The van der Waals surface area contributed by atoms with Crippen LogP contribution in [-0.4, -0.2) is 29.0 Å². The molecule has 1 aromatic carbocycles. The van der Waals surface area contributed by atoms with E-state index in [0.29, 0.717) is 11.5 Å². The number of hydrogen-bond donors (Lipinski definition) is 3. The molecule has 0 atom stereocenters. The second-order valence-electron chi connectivity index (χ2n) is 3.22. The van der Waals surface area contributed by atoms with Gasteiger partial charge in [-0.1, -0.05) is 17.3 Å². The summed E-state index contributed by atoms with van der Waals surface area (Å²) in [4.78, 5) is 0.0310. The average Bonchev–Trinajstić information content (AvgIpc) is 2.78. The molecule has 90 valence electrons. The third-order valence-corrected chi connectivity index (χ3v) is 2.99. The van der Waals surface area contributed by atoms with Crippen LogP contribution >= 0.6 is 0 Å². The lowest BCUT2D eigenvalue weighted by Gasteiger charge is -2.08. The summed E-state index contributed by atoms with van der Waals surface area (Å²) in [6, 6.07) is 6.33. The fourth-order valence-electron chi connectivity index (χ4n) is 1.29. The molecule has 0 unspecified atom stereocenters. The van der Waals surface area contributed by atoms with Gasteiger partial charge in [0.05, 0.1) is 12.2 Å². The first kappa shape index (κ1) is 11.5. The summed E-state index contributed by atoms with van der Waals surface area (Å²) in [6.07, 6.45) is 0. The van der Waals surface area contributed by atoms with Crippen molar-refractivity contribution in [1.29, 1.82) is 0 Å². The highest BCUT2D eigenvalue weighted by Crippen LogP contribution is 2.19. The number of para-hydroxylation sites is 1. The van der Waals surface area contributed by atoms with Crippen LogP contribution in [0.15, 0.2) is 29.2 Å². The Morgan fingerprint density at radius 1 is 1.35 bits per heavy atom. The van der Waals surface area contributed by atoms with Crippen molar-refractivity contribution in [3.8, 4) is 0 Å². The highest BCUT2D eigenvalue weighted by Gasteiger charge is 2.13. The molecule has 17 heavy (non-hydrogen) atoms. The molecule has 2 rings (SSSR count). The average molecular weight is 254 g/mol. The van der Waals surface area contributed by atoms with Gasteiger partial charge in [-0.2, -0.15) is 5.21 Å². The highest BCUT2D eigenvalue weighted by molar-refractivity contribution is 7.89. The van der Waals surface area contributed by atoms with Gasteiger partial charge in [-0.05, 0) is 12.1 Å². The number of rotatable bonds is 4. The summed E-state index contributed by atoms with van der Waals surface area (Å²) >= 11 is 0. The van der Waals surface area contributed by atoms with Gasteiger partial charge in [0.15, 0.2) is 5.82 Å². The van der Waals surface area contributed by atoms with Gasteiger partial charge < -0.3 is 5.32 Å². The van der Waals surface area contributed by atoms with Crippen LogP contribution in [-0.2, 0) is 16.6 Å². The zero-order valence-corrected chi connectivity index (χ0v) is 9.48. The van der Waals surface area contributed by atoms with Crippen molar-refractivity contribution in [3.63, 3.8) is 0 Å².